The van der Waals surface area contributed by atoms with E-state index in [1.807, 2.05) is 13.8 Å². The number of amides is 3. The van der Waals surface area contributed by atoms with Crippen LogP contribution in [0, 0.1) is 11.8 Å². The number of benzene rings is 1. The average molecular weight is 405 g/mol. The van der Waals surface area contributed by atoms with Crippen molar-refractivity contribution in [2.24, 2.45) is 11.8 Å². The summed E-state index contributed by atoms with van der Waals surface area (Å²) in [6.07, 6.45) is 1.66. The first kappa shape index (κ1) is 22.5. The van der Waals surface area contributed by atoms with Gasteiger partial charge < -0.3 is 25.0 Å². The van der Waals surface area contributed by atoms with Crippen molar-refractivity contribution in [2.45, 2.75) is 39.2 Å². The van der Waals surface area contributed by atoms with Gasteiger partial charge in [-0.05, 0) is 49.4 Å². The lowest BCUT2D eigenvalue weighted by Crippen LogP contribution is -2.51. The van der Waals surface area contributed by atoms with Crippen molar-refractivity contribution in [2.75, 3.05) is 32.6 Å². The zero-order valence-corrected chi connectivity index (χ0v) is 17.6. The first-order valence-electron chi connectivity index (χ1n) is 9.92. The molecule has 1 aromatic rings. The highest BCUT2D eigenvalue weighted by atomic mass is 16.5. The number of carbonyl (C=O) groups excluding carboxylic acids is 3. The van der Waals surface area contributed by atoms with Gasteiger partial charge in [-0.15, -0.1) is 0 Å². The number of methoxy groups -OCH3 is 2. The van der Waals surface area contributed by atoms with Crippen molar-refractivity contribution in [3.05, 3.63) is 24.3 Å². The first-order chi connectivity index (χ1) is 13.8. The second kappa shape index (κ2) is 10.7. The number of hydrogen-bond donors (Lipinski definition) is 2. The Bertz CT molecular complexity index is 697. The van der Waals surface area contributed by atoms with E-state index in [2.05, 4.69) is 10.6 Å². The maximum absolute atomic E-state index is 12.5. The molecule has 2 N–H and O–H groups in total. The van der Waals surface area contributed by atoms with E-state index in [1.165, 1.54) is 7.11 Å². The van der Waals surface area contributed by atoms with Crippen LogP contribution in [-0.2, 0) is 14.3 Å². The molecule has 160 valence electrons. The number of anilines is 1. The quantitative estimate of drug-likeness (QED) is 0.680. The van der Waals surface area contributed by atoms with Crippen molar-refractivity contribution in [3.8, 4) is 5.75 Å². The minimum atomic E-state index is -0.663. The van der Waals surface area contributed by atoms with Gasteiger partial charge in [-0.25, -0.2) is 9.59 Å². The summed E-state index contributed by atoms with van der Waals surface area (Å²) in [5.41, 5.74) is 0.713. The van der Waals surface area contributed by atoms with Gasteiger partial charge in [-0.2, -0.15) is 0 Å². The Morgan fingerprint density at radius 2 is 1.72 bits per heavy atom. The number of ether oxygens (including phenoxy) is 2. The minimum absolute atomic E-state index is 0.0533. The van der Waals surface area contributed by atoms with Gasteiger partial charge in [0.05, 0.1) is 14.2 Å². The number of hydrogen-bond acceptors (Lipinski definition) is 5. The molecule has 0 bridgehead atoms. The molecule has 3 amide bonds. The number of nitrogens with zero attached hydrogens (tertiary/aromatic N) is 1. The van der Waals surface area contributed by atoms with Crippen LogP contribution in [0.3, 0.4) is 0 Å². The van der Waals surface area contributed by atoms with Gasteiger partial charge in [0.15, 0.2) is 0 Å². The molecule has 1 aliphatic rings. The molecule has 0 aliphatic carbocycles. The lowest BCUT2D eigenvalue weighted by molar-refractivity contribution is -0.143. The van der Waals surface area contributed by atoms with E-state index in [0.29, 0.717) is 38.0 Å². The largest absolute Gasteiger partial charge is 0.497 e. The Morgan fingerprint density at radius 3 is 2.24 bits per heavy atom. The smallest absolute Gasteiger partial charge is 0.328 e. The van der Waals surface area contributed by atoms with E-state index in [0.717, 1.165) is 5.75 Å². The lowest BCUT2D eigenvalue weighted by atomic mass is 9.96. The third kappa shape index (κ3) is 6.66. The second-order valence-electron chi connectivity index (χ2n) is 7.63. The standard InChI is InChI=1S/C21H31N3O5/c1-14(2)13-18(20(26)29-4)23-21(27)24-11-9-15(10-12-24)19(25)22-16-5-7-17(28-3)8-6-16/h5-8,14-15,18H,9-13H2,1-4H3,(H,22,25)(H,23,27)/t18-/m0/s1. The normalized spacial score (nSPS) is 15.6. The molecule has 0 aromatic heterocycles. The monoisotopic (exact) mass is 405 g/mol. The van der Waals surface area contributed by atoms with E-state index in [9.17, 15) is 14.4 Å². The number of carbonyl (C=O) groups is 3. The van der Waals surface area contributed by atoms with Crippen LogP contribution in [0.4, 0.5) is 10.5 Å². The zero-order chi connectivity index (χ0) is 21.4. The van der Waals surface area contributed by atoms with Crippen molar-refractivity contribution >= 4 is 23.6 Å². The van der Waals surface area contributed by atoms with Crippen LogP contribution in [0.15, 0.2) is 24.3 Å². The van der Waals surface area contributed by atoms with Gasteiger partial charge in [0.25, 0.3) is 0 Å². The molecule has 0 unspecified atom stereocenters. The summed E-state index contributed by atoms with van der Waals surface area (Å²) in [6, 6.07) is 6.20. The van der Waals surface area contributed by atoms with Crippen molar-refractivity contribution in [1.82, 2.24) is 10.2 Å². The van der Waals surface area contributed by atoms with E-state index >= 15 is 0 Å². The molecule has 29 heavy (non-hydrogen) atoms. The van der Waals surface area contributed by atoms with Gasteiger partial charge in [0.2, 0.25) is 5.91 Å². The summed E-state index contributed by atoms with van der Waals surface area (Å²) in [5, 5.41) is 5.67. The molecule has 1 heterocycles. The molecule has 1 fully saturated rings. The molecule has 0 radical (unpaired) electrons. The molecule has 0 spiro atoms. The SMILES string of the molecule is COC(=O)[C@H](CC(C)C)NC(=O)N1CCC(C(=O)Nc2ccc(OC)cc2)CC1. The highest BCUT2D eigenvalue weighted by Gasteiger charge is 2.30. The number of nitrogens with one attached hydrogen (secondary N) is 2. The van der Waals surface area contributed by atoms with Crippen LogP contribution in [0.25, 0.3) is 0 Å². The maximum atomic E-state index is 12.5. The fourth-order valence-corrected chi connectivity index (χ4v) is 3.33. The predicted molar refractivity (Wildman–Crippen MR) is 110 cm³/mol. The Balaban J connectivity index is 1.84. The van der Waals surface area contributed by atoms with Crippen LogP contribution in [0.1, 0.15) is 33.1 Å². The summed E-state index contributed by atoms with van der Waals surface area (Å²) >= 11 is 0. The van der Waals surface area contributed by atoms with Crippen molar-refractivity contribution < 1.29 is 23.9 Å². The molecule has 2 rings (SSSR count). The highest BCUT2D eigenvalue weighted by molar-refractivity contribution is 5.92. The van der Waals surface area contributed by atoms with Gasteiger partial charge in [0, 0.05) is 24.7 Å². The van der Waals surface area contributed by atoms with E-state index < -0.39 is 12.0 Å². The second-order valence-corrected chi connectivity index (χ2v) is 7.63. The molecule has 8 heteroatoms. The molecule has 8 nitrogen and oxygen atoms in total. The maximum Gasteiger partial charge on any atom is 0.328 e. The van der Waals surface area contributed by atoms with E-state index in [1.54, 1.807) is 36.3 Å². The number of rotatable bonds is 7. The summed E-state index contributed by atoms with van der Waals surface area (Å²) < 4.78 is 9.90. The molecule has 1 aliphatic heterocycles. The summed E-state index contributed by atoms with van der Waals surface area (Å²) in [6.45, 7) is 4.88. The van der Waals surface area contributed by atoms with Gasteiger partial charge in [-0.1, -0.05) is 13.8 Å². The van der Waals surface area contributed by atoms with Gasteiger partial charge in [0.1, 0.15) is 11.8 Å². The Labute approximate surface area is 171 Å². The van der Waals surface area contributed by atoms with Gasteiger partial charge in [-0.3, -0.25) is 4.79 Å². The Hall–Kier alpha value is -2.77. The van der Waals surface area contributed by atoms with Crippen molar-refractivity contribution in [3.63, 3.8) is 0 Å². The highest BCUT2D eigenvalue weighted by Crippen LogP contribution is 2.21. The molecule has 1 atom stereocenters. The summed E-state index contributed by atoms with van der Waals surface area (Å²) in [7, 11) is 2.91. The third-order valence-electron chi connectivity index (χ3n) is 5.00. The minimum Gasteiger partial charge on any atom is -0.497 e. The van der Waals surface area contributed by atoms with Crippen LogP contribution >= 0.6 is 0 Å². The van der Waals surface area contributed by atoms with E-state index in [-0.39, 0.29) is 23.8 Å². The number of likely N-dealkylation sites (tertiary alicyclic amines) is 1. The first-order valence-corrected chi connectivity index (χ1v) is 9.92. The van der Waals surface area contributed by atoms with Crippen LogP contribution in [-0.4, -0.2) is 56.2 Å². The van der Waals surface area contributed by atoms with Crippen molar-refractivity contribution in [1.29, 1.82) is 0 Å². The van der Waals surface area contributed by atoms with E-state index in [4.69, 9.17) is 9.47 Å². The lowest BCUT2D eigenvalue weighted by Gasteiger charge is -2.32. The average Bonchev–Trinajstić information content (AvgIpc) is 2.72. The Morgan fingerprint density at radius 1 is 1.10 bits per heavy atom. The van der Waals surface area contributed by atoms with Crippen LogP contribution in [0.2, 0.25) is 0 Å². The van der Waals surface area contributed by atoms with Gasteiger partial charge >= 0.3 is 12.0 Å². The number of piperidine rings is 1. The zero-order valence-electron chi connectivity index (χ0n) is 17.6. The molecule has 1 saturated heterocycles. The Kier molecular flexibility index (Phi) is 8.30. The molecular formula is C21H31N3O5. The molecule has 1 aromatic carbocycles. The fraction of sp³-hybridized carbons (Fsp3) is 0.571. The van der Waals surface area contributed by atoms with Crippen LogP contribution < -0.4 is 15.4 Å². The third-order valence-corrected chi connectivity index (χ3v) is 5.00. The molecule has 0 saturated carbocycles. The number of urea groups is 1. The fourth-order valence-electron chi connectivity index (χ4n) is 3.33. The number of esters is 1. The predicted octanol–water partition coefficient (Wildman–Crippen LogP) is 2.64. The summed E-state index contributed by atoms with van der Waals surface area (Å²) in [5.74, 6) is 0.313. The molecular weight excluding hydrogens is 374 g/mol. The summed E-state index contributed by atoms with van der Waals surface area (Å²) in [4.78, 5) is 38.6. The topological polar surface area (TPSA) is 97.0 Å². The van der Waals surface area contributed by atoms with Crippen LogP contribution in [0.5, 0.6) is 5.75 Å².